The van der Waals surface area contributed by atoms with Gasteiger partial charge < -0.3 is 15.0 Å². The molecular weight excluding hydrogens is 250 g/mol. The van der Waals surface area contributed by atoms with Gasteiger partial charge in [0.1, 0.15) is 6.33 Å². The van der Waals surface area contributed by atoms with Gasteiger partial charge in [-0.2, -0.15) is 4.98 Å². The minimum Gasteiger partial charge on any atom is -0.476 e. The Hall–Kier alpha value is -1.96. The van der Waals surface area contributed by atoms with E-state index in [4.69, 9.17) is 4.74 Å². The maximum atomic E-state index is 11.3. The predicted octanol–water partition coefficient (Wildman–Crippen LogP) is 0.582. The van der Waals surface area contributed by atoms with Crippen molar-refractivity contribution in [3.8, 4) is 5.88 Å². The molecule has 1 aliphatic heterocycles. The maximum absolute atomic E-state index is 11.3. The Morgan fingerprint density at radius 3 is 2.84 bits per heavy atom. The van der Waals surface area contributed by atoms with Crippen LogP contribution in [0, 0.1) is 10.1 Å². The predicted molar refractivity (Wildman–Crippen MR) is 69.5 cm³/mol. The Morgan fingerprint density at radius 2 is 2.26 bits per heavy atom. The Kier molecular flexibility index (Phi) is 3.52. The summed E-state index contributed by atoms with van der Waals surface area (Å²) in [5.74, 6) is 0.299. The van der Waals surface area contributed by atoms with E-state index in [2.05, 4.69) is 15.3 Å². The fourth-order valence-corrected chi connectivity index (χ4v) is 2.24. The van der Waals surface area contributed by atoms with Crippen molar-refractivity contribution in [1.29, 1.82) is 0 Å². The van der Waals surface area contributed by atoms with Crippen molar-refractivity contribution in [2.45, 2.75) is 19.4 Å². The first kappa shape index (κ1) is 13.5. The number of aromatic nitrogens is 2. The molecule has 0 radical (unpaired) electrons. The van der Waals surface area contributed by atoms with E-state index >= 15 is 0 Å². The lowest BCUT2D eigenvalue weighted by Gasteiger charge is -2.43. The Morgan fingerprint density at radius 1 is 1.53 bits per heavy atom. The molecule has 0 spiro atoms. The second kappa shape index (κ2) is 4.96. The molecule has 1 aromatic heterocycles. The molecule has 0 atom stereocenters. The highest BCUT2D eigenvalue weighted by Crippen LogP contribution is 2.36. The number of nitrogens with one attached hydrogen (secondary N) is 1. The molecule has 8 heteroatoms. The number of ether oxygens (including phenoxy) is 1. The van der Waals surface area contributed by atoms with Crippen LogP contribution in [0.3, 0.4) is 0 Å². The van der Waals surface area contributed by atoms with E-state index < -0.39 is 4.92 Å². The zero-order chi connectivity index (χ0) is 14.0. The number of hydrogen-bond acceptors (Lipinski definition) is 7. The number of piperazine rings is 1. The zero-order valence-electron chi connectivity index (χ0n) is 11.2. The van der Waals surface area contributed by atoms with E-state index in [1.165, 1.54) is 13.4 Å². The first-order valence-electron chi connectivity index (χ1n) is 5.99. The summed E-state index contributed by atoms with van der Waals surface area (Å²) in [6.45, 7) is 6.16. The lowest BCUT2D eigenvalue weighted by Crippen LogP contribution is -2.58. The van der Waals surface area contributed by atoms with Gasteiger partial charge in [-0.15, -0.1) is 0 Å². The molecule has 0 unspecified atom stereocenters. The van der Waals surface area contributed by atoms with Crippen molar-refractivity contribution in [1.82, 2.24) is 15.3 Å². The minimum absolute atomic E-state index is 0.00988. The topological polar surface area (TPSA) is 93.4 Å². The molecular formula is C11H17N5O3. The Balaban J connectivity index is 2.52. The van der Waals surface area contributed by atoms with Gasteiger partial charge in [-0.05, 0) is 13.8 Å². The van der Waals surface area contributed by atoms with Crippen molar-refractivity contribution in [2.75, 3.05) is 31.6 Å². The summed E-state index contributed by atoms with van der Waals surface area (Å²) in [4.78, 5) is 20.6. The number of rotatable bonds is 3. The third kappa shape index (κ3) is 2.43. The molecule has 1 aromatic rings. The fourth-order valence-electron chi connectivity index (χ4n) is 2.24. The normalized spacial score (nSPS) is 18.2. The van der Waals surface area contributed by atoms with E-state index in [-0.39, 0.29) is 17.1 Å². The third-order valence-electron chi connectivity index (χ3n) is 3.20. The Labute approximate surface area is 110 Å². The van der Waals surface area contributed by atoms with Crippen LogP contribution in [-0.4, -0.2) is 47.2 Å². The van der Waals surface area contributed by atoms with E-state index in [1.54, 1.807) is 0 Å². The molecule has 1 N–H and O–H groups in total. The van der Waals surface area contributed by atoms with E-state index in [9.17, 15) is 10.1 Å². The van der Waals surface area contributed by atoms with Gasteiger partial charge in [0.2, 0.25) is 5.82 Å². The number of hydrogen-bond donors (Lipinski definition) is 1. The molecule has 1 aliphatic rings. The molecule has 0 amide bonds. The van der Waals surface area contributed by atoms with Gasteiger partial charge in [0.15, 0.2) is 0 Å². The maximum Gasteiger partial charge on any atom is 0.372 e. The monoisotopic (exact) mass is 267 g/mol. The Bertz CT molecular complexity index is 491. The third-order valence-corrected chi connectivity index (χ3v) is 3.20. The second-order valence-corrected chi connectivity index (χ2v) is 4.95. The summed E-state index contributed by atoms with van der Waals surface area (Å²) in [5.41, 5.74) is -0.442. The van der Waals surface area contributed by atoms with Crippen LogP contribution in [0.4, 0.5) is 11.5 Å². The number of anilines is 1. The van der Waals surface area contributed by atoms with Crippen LogP contribution in [0.25, 0.3) is 0 Å². The van der Waals surface area contributed by atoms with Crippen LogP contribution in [0.5, 0.6) is 5.88 Å². The molecule has 2 rings (SSSR count). The summed E-state index contributed by atoms with van der Waals surface area (Å²) in [5, 5.41) is 14.5. The molecule has 19 heavy (non-hydrogen) atoms. The van der Waals surface area contributed by atoms with E-state index in [0.29, 0.717) is 12.4 Å². The van der Waals surface area contributed by atoms with Gasteiger partial charge >= 0.3 is 5.69 Å². The molecule has 0 aliphatic carbocycles. The lowest BCUT2D eigenvalue weighted by molar-refractivity contribution is -0.385. The number of nitrogens with zero attached hydrogens (tertiary/aromatic N) is 4. The number of nitro groups is 1. The average molecular weight is 267 g/mol. The van der Waals surface area contributed by atoms with Crippen LogP contribution in [0.1, 0.15) is 13.8 Å². The van der Waals surface area contributed by atoms with Crippen LogP contribution >= 0.6 is 0 Å². The van der Waals surface area contributed by atoms with Gasteiger partial charge in [-0.25, -0.2) is 4.98 Å². The van der Waals surface area contributed by atoms with Crippen molar-refractivity contribution in [3.63, 3.8) is 0 Å². The van der Waals surface area contributed by atoms with Gasteiger partial charge in [0.05, 0.1) is 12.0 Å². The van der Waals surface area contributed by atoms with Crippen LogP contribution in [0.2, 0.25) is 0 Å². The van der Waals surface area contributed by atoms with Crippen LogP contribution in [0.15, 0.2) is 6.33 Å². The summed E-state index contributed by atoms with van der Waals surface area (Å²) in [6.07, 6.45) is 1.29. The molecule has 104 valence electrons. The summed E-state index contributed by atoms with van der Waals surface area (Å²) in [7, 11) is 1.36. The molecule has 1 saturated heterocycles. The smallest absolute Gasteiger partial charge is 0.372 e. The van der Waals surface area contributed by atoms with Gasteiger partial charge in [0.25, 0.3) is 5.88 Å². The van der Waals surface area contributed by atoms with Crippen molar-refractivity contribution >= 4 is 11.5 Å². The highest BCUT2D eigenvalue weighted by molar-refractivity contribution is 5.64. The van der Waals surface area contributed by atoms with Gasteiger partial charge in [-0.3, -0.25) is 10.1 Å². The van der Waals surface area contributed by atoms with Crippen molar-refractivity contribution < 1.29 is 9.66 Å². The fraction of sp³-hybridized carbons (Fsp3) is 0.636. The molecule has 1 fully saturated rings. The minimum atomic E-state index is -0.494. The van der Waals surface area contributed by atoms with Crippen LogP contribution < -0.4 is 15.0 Å². The van der Waals surface area contributed by atoms with Crippen LogP contribution in [-0.2, 0) is 0 Å². The quantitative estimate of drug-likeness (QED) is 0.632. The highest BCUT2D eigenvalue weighted by Gasteiger charge is 2.37. The summed E-state index contributed by atoms with van der Waals surface area (Å²) in [6, 6.07) is 0. The van der Waals surface area contributed by atoms with Crippen molar-refractivity contribution in [2.24, 2.45) is 0 Å². The first-order chi connectivity index (χ1) is 8.97. The average Bonchev–Trinajstić information content (AvgIpc) is 2.37. The van der Waals surface area contributed by atoms with E-state index in [0.717, 1.165) is 13.1 Å². The molecule has 0 bridgehead atoms. The standard InChI is InChI=1S/C11H17N5O3/c1-11(2)6-12-4-5-15(11)9-8(16(17)18)10(19-3)14-7-13-9/h7,12H,4-6H2,1-3H3. The van der Waals surface area contributed by atoms with Crippen molar-refractivity contribution in [3.05, 3.63) is 16.4 Å². The number of methoxy groups -OCH3 is 1. The van der Waals surface area contributed by atoms with E-state index in [1.807, 2.05) is 18.7 Å². The van der Waals surface area contributed by atoms with Gasteiger partial charge in [-0.1, -0.05) is 0 Å². The highest BCUT2D eigenvalue weighted by atomic mass is 16.6. The lowest BCUT2D eigenvalue weighted by atomic mass is 10.00. The first-order valence-corrected chi connectivity index (χ1v) is 5.99. The molecule has 2 heterocycles. The van der Waals surface area contributed by atoms with Gasteiger partial charge in [0, 0.05) is 25.2 Å². The molecule has 0 aromatic carbocycles. The zero-order valence-corrected chi connectivity index (χ0v) is 11.2. The molecule has 0 saturated carbocycles. The largest absolute Gasteiger partial charge is 0.476 e. The summed E-state index contributed by atoms with van der Waals surface area (Å²) < 4.78 is 4.97. The second-order valence-electron chi connectivity index (χ2n) is 4.95. The summed E-state index contributed by atoms with van der Waals surface area (Å²) >= 11 is 0. The SMILES string of the molecule is COc1ncnc(N2CCNCC2(C)C)c1[N+](=O)[O-]. The molecule has 8 nitrogen and oxygen atoms in total.